The van der Waals surface area contributed by atoms with Gasteiger partial charge in [-0.1, -0.05) is 17.7 Å². The lowest BCUT2D eigenvalue weighted by Crippen LogP contribution is -2.65. The second kappa shape index (κ2) is 11.3. The molecule has 0 bridgehead atoms. The number of nitrogens with zero attached hydrogens (tertiary/aromatic N) is 2. The van der Waals surface area contributed by atoms with Gasteiger partial charge in [-0.15, -0.1) is 0 Å². The van der Waals surface area contributed by atoms with Crippen molar-refractivity contribution in [2.75, 3.05) is 11.9 Å². The number of carboxylic acids is 1. The van der Waals surface area contributed by atoms with Crippen LogP contribution in [0.25, 0.3) is 10.9 Å². The number of unbranched alkanes of at least 4 members (excludes halogenated alkanes) is 1. The number of aromatic amines is 2. The molecular formula is C26H31N7O5S. The van der Waals surface area contributed by atoms with Crippen molar-refractivity contribution in [1.29, 1.82) is 0 Å². The minimum atomic E-state index is -4.36. The van der Waals surface area contributed by atoms with Crippen molar-refractivity contribution >= 4 is 38.8 Å². The number of carbonyl (C=O) groups is 2. The largest absolute Gasteiger partial charge is 0.478 e. The first-order valence-electron chi connectivity index (χ1n) is 12.3. The van der Waals surface area contributed by atoms with Crippen LogP contribution in [0.15, 0.2) is 53.8 Å². The van der Waals surface area contributed by atoms with Gasteiger partial charge in [-0.25, -0.2) is 18.2 Å². The number of hydrogen-bond acceptors (Lipinski definition) is 7. The molecule has 1 amide bonds. The van der Waals surface area contributed by atoms with Gasteiger partial charge in [0.1, 0.15) is 0 Å². The first-order valence-corrected chi connectivity index (χ1v) is 13.8. The summed E-state index contributed by atoms with van der Waals surface area (Å²) in [7, 11) is -4.36. The predicted octanol–water partition coefficient (Wildman–Crippen LogP) is 2.98. The molecule has 0 aliphatic rings. The molecule has 0 aliphatic heterocycles. The molecule has 6 N–H and O–H groups in total. The minimum Gasteiger partial charge on any atom is -0.478 e. The Bertz CT molecular complexity index is 1570. The Morgan fingerprint density at radius 1 is 1.08 bits per heavy atom. The first kappa shape index (κ1) is 27.8. The number of H-pyrrole nitrogens is 2. The standard InChI is InChI=1S/C26H31N7O5S/c1-16-12-17(2)22(18(3)13-16)39(37,38)33-26(24(35)36,8-4-5-9-27-25-28-10-11-29-25)31-23(34)19-6-7-21-20(14-19)15-30-32-21/h6-7,10-15,33H,4-5,8-9H2,1-3H3,(H,30,32)(H,31,34)(H,35,36)(H2,27,28,29). The monoisotopic (exact) mass is 553 g/mol. The summed E-state index contributed by atoms with van der Waals surface area (Å²) in [5, 5.41) is 23.3. The second-order valence-corrected chi connectivity index (χ2v) is 11.1. The van der Waals surface area contributed by atoms with E-state index in [2.05, 4.69) is 35.5 Å². The molecule has 0 saturated heterocycles. The van der Waals surface area contributed by atoms with E-state index in [1.165, 1.54) is 12.3 Å². The van der Waals surface area contributed by atoms with Gasteiger partial charge in [-0.2, -0.15) is 9.82 Å². The molecule has 0 aliphatic carbocycles. The highest BCUT2D eigenvalue weighted by molar-refractivity contribution is 7.89. The zero-order valence-corrected chi connectivity index (χ0v) is 22.6. The van der Waals surface area contributed by atoms with E-state index in [0.29, 0.717) is 40.9 Å². The van der Waals surface area contributed by atoms with E-state index in [0.717, 1.165) is 5.56 Å². The zero-order valence-electron chi connectivity index (χ0n) is 21.8. The number of fused-ring (bicyclic) bond motifs is 1. The van der Waals surface area contributed by atoms with E-state index in [-0.39, 0.29) is 23.3 Å². The molecule has 1 unspecified atom stereocenters. The van der Waals surface area contributed by atoms with Crippen LogP contribution >= 0.6 is 0 Å². The van der Waals surface area contributed by atoms with Crippen molar-refractivity contribution in [3.63, 3.8) is 0 Å². The van der Waals surface area contributed by atoms with E-state index in [4.69, 9.17) is 0 Å². The van der Waals surface area contributed by atoms with E-state index in [1.807, 2.05) is 6.92 Å². The summed E-state index contributed by atoms with van der Waals surface area (Å²) in [4.78, 5) is 33.0. The molecule has 206 valence electrons. The maximum absolute atomic E-state index is 13.6. The third-order valence-corrected chi connectivity index (χ3v) is 8.14. The number of imidazole rings is 1. The lowest BCUT2D eigenvalue weighted by Gasteiger charge is -2.32. The number of sulfonamides is 1. The van der Waals surface area contributed by atoms with Crippen LogP contribution in [0.5, 0.6) is 0 Å². The van der Waals surface area contributed by atoms with Crippen molar-refractivity contribution in [2.45, 2.75) is 50.6 Å². The summed E-state index contributed by atoms with van der Waals surface area (Å²) in [6.07, 6.45) is 5.35. The van der Waals surface area contributed by atoms with Gasteiger partial charge in [0.2, 0.25) is 15.7 Å². The highest BCUT2D eigenvalue weighted by Crippen LogP contribution is 2.25. The van der Waals surface area contributed by atoms with E-state index in [9.17, 15) is 23.1 Å². The molecule has 2 heterocycles. The van der Waals surface area contributed by atoms with Gasteiger partial charge in [0.05, 0.1) is 16.6 Å². The second-order valence-electron chi connectivity index (χ2n) is 9.49. The highest BCUT2D eigenvalue weighted by Gasteiger charge is 2.44. The van der Waals surface area contributed by atoms with Crippen molar-refractivity contribution < 1.29 is 23.1 Å². The molecule has 4 aromatic rings. The summed E-state index contributed by atoms with van der Waals surface area (Å²) < 4.78 is 29.6. The van der Waals surface area contributed by atoms with Crippen LogP contribution in [0.1, 0.15) is 46.3 Å². The SMILES string of the molecule is Cc1cc(C)c(S(=O)(=O)NC(CCCCNc2ncc[nH]2)(NC(=O)c2ccc3[nH]ncc3c2)C(=O)O)c(C)c1. The lowest BCUT2D eigenvalue weighted by atomic mass is 10.0. The number of carboxylic acid groups (broad SMARTS) is 1. The molecule has 39 heavy (non-hydrogen) atoms. The summed E-state index contributed by atoms with van der Waals surface area (Å²) in [6, 6.07) is 8.13. The van der Waals surface area contributed by atoms with Gasteiger partial charge in [0.15, 0.2) is 5.95 Å². The number of aryl methyl sites for hydroxylation is 3. The van der Waals surface area contributed by atoms with Crippen LogP contribution in [0.2, 0.25) is 0 Å². The van der Waals surface area contributed by atoms with Crippen LogP contribution in [0.4, 0.5) is 5.95 Å². The number of anilines is 1. The van der Waals surface area contributed by atoms with Crippen molar-refractivity contribution in [2.24, 2.45) is 0 Å². The highest BCUT2D eigenvalue weighted by atomic mass is 32.2. The number of nitrogens with one attached hydrogen (secondary N) is 5. The Morgan fingerprint density at radius 2 is 1.82 bits per heavy atom. The van der Waals surface area contributed by atoms with Gasteiger partial charge < -0.3 is 20.7 Å². The lowest BCUT2D eigenvalue weighted by molar-refractivity contribution is -0.145. The van der Waals surface area contributed by atoms with Crippen LogP contribution in [0.3, 0.4) is 0 Å². The maximum Gasteiger partial charge on any atom is 0.345 e. The third-order valence-electron chi connectivity index (χ3n) is 6.35. The topological polar surface area (TPSA) is 182 Å². The number of carbonyl (C=O) groups excluding carboxylic acids is 1. The normalized spacial score (nSPS) is 13.2. The molecule has 13 heteroatoms. The molecule has 0 spiro atoms. The van der Waals surface area contributed by atoms with Crippen molar-refractivity contribution in [3.05, 3.63) is 71.2 Å². The summed E-state index contributed by atoms with van der Waals surface area (Å²) in [5.41, 5.74) is 0.371. The Labute approximate surface area is 225 Å². The number of benzene rings is 2. The molecule has 2 aromatic carbocycles. The number of aliphatic carboxylic acids is 1. The van der Waals surface area contributed by atoms with Crippen molar-refractivity contribution in [3.8, 4) is 0 Å². The van der Waals surface area contributed by atoms with Gasteiger partial charge in [-0.3, -0.25) is 9.89 Å². The molecule has 0 radical (unpaired) electrons. The number of rotatable bonds is 12. The molecule has 0 fully saturated rings. The fraction of sp³-hybridized carbons (Fsp3) is 0.308. The number of aromatic nitrogens is 4. The summed E-state index contributed by atoms with van der Waals surface area (Å²) in [6.45, 7) is 5.60. The van der Waals surface area contributed by atoms with Gasteiger partial charge >= 0.3 is 5.97 Å². The molecule has 12 nitrogen and oxygen atoms in total. The van der Waals surface area contributed by atoms with Crippen LogP contribution in [0, 0.1) is 20.8 Å². The Kier molecular flexibility index (Phi) is 8.02. The summed E-state index contributed by atoms with van der Waals surface area (Å²) >= 11 is 0. The maximum atomic E-state index is 13.6. The fourth-order valence-electron chi connectivity index (χ4n) is 4.65. The molecule has 4 rings (SSSR count). The average Bonchev–Trinajstić information content (AvgIpc) is 3.54. The quantitative estimate of drug-likeness (QED) is 0.114. The van der Waals surface area contributed by atoms with Crippen LogP contribution in [-0.2, 0) is 14.8 Å². The Morgan fingerprint density at radius 3 is 2.49 bits per heavy atom. The zero-order chi connectivity index (χ0) is 28.2. The molecule has 1 atom stereocenters. The van der Waals surface area contributed by atoms with E-state index >= 15 is 0 Å². The third kappa shape index (κ3) is 6.26. The number of amides is 1. The Balaban J connectivity index is 1.63. The summed E-state index contributed by atoms with van der Waals surface area (Å²) in [5.74, 6) is -1.70. The van der Waals surface area contributed by atoms with E-state index < -0.39 is 27.6 Å². The van der Waals surface area contributed by atoms with Crippen molar-refractivity contribution in [1.82, 2.24) is 30.2 Å². The minimum absolute atomic E-state index is 0.0210. The van der Waals surface area contributed by atoms with E-state index in [1.54, 1.807) is 50.5 Å². The van der Waals surface area contributed by atoms with Gasteiger partial charge in [0.25, 0.3) is 5.91 Å². The molecule has 2 aromatic heterocycles. The fourth-order valence-corrected chi connectivity index (χ4v) is 6.41. The number of hydrogen-bond donors (Lipinski definition) is 6. The predicted molar refractivity (Wildman–Crippen MR) is 146 cm³/mol. The van der Waals surface area contributed by atoms with Gasteiger partial charge in [0, 0.05) is 29.9 Å². The van der Waals surface area contributed by atoms with Gasteiger partial charge in [-0.05, 0) is 69.4 Å². The Hall–Kier alpha value is -4.23. The molecule has 0 saturated carbocycles. The molecular weight excluding hydrogens is 522 g/mol. The average molecular weight is 554 g/mol. The van der Waals surface area contributed by atoms with Crippen LogP contribution < -0.4 is 15.4 Å². The smallest absolute Gasteiger partial charge is 0.345 e. The first-order chi connectivity index (χ1) is 18.5. The van der Waals surface area contributed by atoms with Crippen LogP contribution in [-0.4, -0.2) is 57.8 Å².